The predicted molar refractivity (Wildman–Crippen MR) is 128 cm³/mol. The number of H-pyrrole nitrogens is 1. The Balaban J connectivity index is 1.23. The van der Waals surface area contributed by atoms with Crippen molar-refractivity contribution in [1.82, 2.24) is 15.0 Å². The van der Waals surface area contributed by atoms with Gasteiger partial charge in [-0.2, -0.15) is 0 Å². The van der Waals surface area contributed by atoms with E-state index in [1.54, 1.807) is 0 Å². The van der Waals surface area contributed by atoms with Crippen molar-refractivity contribution >= 4 is 40.0 Å². The Kier molecular flexibility index (Phi) is 5.41. The van der Waals surface area contributed by atoms with Gasteiger partial charge in [0.25, 0.3) is 0 Å². The molecule has 0 saturated carbocycles. The number of imidazole rings is 1. The Bertz CT molecular complexity index is 1240. The second-order valence-corrected chi connectivity index (χ2v) is 8.37. The lowest BCUT2D eigenvalue weighted by Gasteiger charge is -2.36. The van der Waals surface area contributed by atoms with E-state index < -0.39 is 0 Å². The van der Waals surface area contributed by atoms with Gasteiger partial charge in [-0.25, -0.2) is 9.97 Å². The summed E-state index contributed by atoms with van der Waals surface area (Å²) in [6, 6.07) is 17.8. The minimum Gasteiger partial charge on any atom is -0.369 e. The van der Waals surface area contributed by atoms with Crippen molar-refractivity contribution in [3.8, 4) is 11.4 Å². The van der Waals surface area contributed by atoms with E-state index in [0.717, 1.165) is 65.7 Å². The van der Waals surface area contributed by atoms with Crippen LogP contribution in [0.1, 0.15) is 5.56 Å². The molecule has 2 aromatic heterocycles. The molecule has 1 amide bonds. The lowest BCUT2D eigenvalue weighted by Crippen LogP contribution is -2.46. The maximum absolute atomic E-state index is 11.1. The van der Waals surface area contributed by atoms with Crippen LogP contribution in [-0.2, 0) is 11.2 Å². The molecule has 32 heavy (non-hydrogen) atoms. The number of nitrogens with zero attached hydrogens (tertiary/aromatic N) is 4. The van der Waals surface area contributed by atoms with Crippen LogP contribution in [0.15, 0.2) is 60.8 Å². The molecule has 0 radical (unpaired) electrons. The van der Waals surface area contributed by atoms with E-state index in [9.17, 15) is 4.79 Å². The van der Waals surface area contributed by atoms with E-state index in [1.807, 2.05) is 48.7 Å². The molecule has 2 aromatic carbocycles. The van der Waals surface area contributed by atoms with E-state index in [2.05, 4.69) is 36.9 Å². The number of nitrogens with one attached hydrogen (secondary N) is 1. The summed E-state index contributed by atoms with van der Waals surface area (Å²) >= 11 is 6.06. The molecular formula is C24H23ClN6O. The zero-order valence-corrected chi connectivity index (χ0v) is 18.2. The number of nitrogens with two attached hydrogens (primary N) is 1. The second-order valence-electron chi connectivity index (χ2n) is 7.94. The number of carbonyl (C=O) groups is 1. The SMILES string of the molecule is NC(=O)Cc1ccc(N2CCN(c3ccc(-c4nc5cc(Cl)ccc5[nH]4)cn3)CC2)cc1. The third-order valence-electron chi connectivity index (χ3n) is 5.75. The lowest BCUT2D eigenvalue weighted by molar-refractivity contribution is -0.117. The number of aromatic nitrogens is 3. The molecular weight excluding hydrogens is 424 g/mol. The summed E-state index contributed by atoms with van der Waals surface area (Å²) < 4.78 is 0. The van der Waals surface area contributed by atoms with E-state index in [-0.39, 0.29) is 12.3 Å². The molecule has 0 spiro atoms. The van der Waals surface area contributed by atoms with Crippen molar-refractivity contribution in [2.75, 3.05) is 36.0 Å². The number of rotatable bonds is 5. The smallest absolute Gasteiger partial charge is 0.221 e. The number of carbonyl (C=O) groups excluding carboxylic acids is 1. The van der Waals surface area contributed by atoms with Gasteiger partial charge in [0.2, 0.25) is 5.91 Å². The third kappa shape index (κ3) is 4.24. The van der Waals surface area contributed by atoms with Gasteiger partial charge in [0.05, 0.1) is 17.5 Å². The second kappa shape index (κ2) is 8.51. The molecule has 0 aliphatic carbocycles. The molecule has 1 saturated heterocycles. The number of primary amides is 1. The van der Waals surface area contributed by atoms with Gasteiger partial charge in [-0.1, -0.05) is 23.7 Å². The molecule has 0 bridgehead atoms. The van der Waals surface area contributed by atoms with Gasteiger partial charge in [-0.15, -0.1) is 0 Å². The van der Waals surface area contributed by atoms with E-state index in [1.165, 1.54) is 0 Å². The third-order valence-corrected chi connectivity index (χ3v) is 5.99. The number of halogens is 1. The number of hydrogen-bond donors (Lipinski definition) is 2. The number of hydrogen-bond acceptors (Lipinski definition) is 5. The van der Waals surface area contributed by atoms with E-state index in [0.29, 0.717) is 5.02 Å². The lowest BCUT2D eigenvalue weighted by atomic mass is 10.1. The first-order valence-electron chi connectivity index (χ1n) is 10.5. The summed E-state index contributed by atoms with van der Waals surface area (Å²) in [6.45, 7) is 3.59. The standard InChI is InChI=1S/C24H23ClN6O/c25-18-4-7-20-21(14-18)29-24(28-20)17-3-8-23(27-15-17)31-11-9-30(10-12-31)19-5-1-16(2-6-19)13-22(26)32/h1-8,14-15H,9-13H2,(H2,26,32)(H,28,29). The molecule has 8 heteroatoms. The van der Waals surface area contributed by atoms with Crippen molar-refractivity contribution < 1.29 is 4.79 Å². The molecule has 0 unspecified atom stereocenters. The Labute approximate surface area is 190 Å². The van der Waals surface area contributed by atoms with Gasteiger partial charge in [0.1, 0.15) is 11.6 Å². The topological polar surface area (TPSA) is 91.1 Å². The van der Waals surface area contributed by atoms with Crippen LogP contribution in [0.3, 0.4) is 0 Å². The first-order chi connectivity index (χ1) is 15.5. The predicted octanol–water partition coefficient (Wildman–Crippen LogP) is 3.63. The van der Waals surface area contributed by atoms with Crippen LogP contribution in [0.4, 0.5) is 11.5 Å². The highest BCUT2D eigenvalue weighted by molar-refractivity contribution is 6.31. The highest BCUT2D eigenvalue weighted by Gasteiger charge is 2.19. The maximum Gasteiger partial charge on any atom is 0.221 e. The van der Waals surface area contributed by atoms with E-state index in [4.69, 9.17) is 17.3 Å². The minimum atomic E-state index is -0.311. The van der Waals surface area contributed by atoms with Gasteiger partial charge < -0.3 is 20.5 Å². The number of pyridine rings is 1. The van der Waals surface area contributed by atoms with Crippen molar-refractivity contribution in [2.24, 2.45) is 5.73 Å². The Morgan fingerprint density at radius 3 is 2.44 bits per heavy atom. The normalized spacial score (nSPS) is 14.2. The van der Waals surface area contributed by atoms with Gasteiger partial charge >= 0.3 is 0 Å². The van der Waals surface area contributed by atoms with Crippen molar-refractivity contribution in [3.05, 3.63) is 71.4 Å². The molecule has 3 heterocycles. The molecule has 4 aromatic rings. The van der Waals surface area contributed by atoms with Crippen molar-refractivity contribution in [2.45, 2.75) is 6.42 Å². The van der Waals surface area contributed by atoms with Crippen molar-refractivity contribution in [1.29, 1.82) is 0 Å². The zero-order chi connectivity index (χ0) is 22.1. The number of amides is 1. The average molecular weight is 447 g/mol. The molecule has 5 rings (SSSR count). The highest BCUT2D eigenvalue weighted by Crippen LogP contribution is 2.25. The largest absolute Gasteiger partial charge is 0.369 e. The van der Waals surface area contributed by atoms with Crippen LogP contribution in [0, 0.1) is 0 Å². The van der Waals surface area contributed by atoms with Gasteiger partial charge in [0, 0.05) is 48.6 Å². The van der Waals surface area contributed by atoms with Gasteiger partial charge in [-0.05, 0) is 48.0 Å². The Morgan fingerprint density at radius 2 is 1.75 bits per heavy atom. The Hall–Kier alpha value is -3.58. The summed E-state index contributed by atoms with van der Waals surface area (Å²) in [4.78, 5) is 28.3. The molecule has 7 nitrogen and oxygen atoms in total. The summed E-state index contributed by atoms with van der Waals surface area (Å²) in [6.07, 6.45) is 2.13. The highest BCUT2D eigenvalue weighted by atomic mass is 35.5. The molecule has 0 atom stereocenters. The number of piperazine rings is 1. The fourth-order valence-electron chi connectivity index (χ4n) is 4.05. The van der Waals surface area contributed by atoms with Crippen LogP contribution in [0.25, 0.3) is 22.4 Å². The molecule has 1 fully saturated rings. The number of aromatic amines is 1. The molecule has 3 N–H and O–H groups in total. The minimum absolute atomic E-state index is 0.275. The monoisotopic (exact) mass is 446 g/mol. The van der Waals surface area contributed by atoms with Crippen LogP contribution in [0.2, 0.25) is 5.02 Å². The average Bonchev–Trinajstić information content (AvgIpc) is 3.23. The maximum atomic E-state index is 11.1. The Morgan fingerprint density at radius 1 is 1.00 bits per heavy atom. The van der Waals surface area contributed by atoms with Crippen LogP contribution >= 0.6 is 11.6 Å². The number of benzene rings is 2. The fourth-order valence-corrected chi connectivity index (χ4v) is 4.21. The van der Waals surface area contributed by atoms with Gasteiger partial charge in [-0.3, -0.25) is 4.79 Å². The van der Waals surface area contributed by atoms with Crippen LogP contribution < -0.4 is 15.5 Å². The molecule has 1 aliphatic heterocycles. The summed E-state index contributed by atoms with van der Waals surface area (Å²) in [5.74, 6) is 1.44. The van der Waals surface area contributed by atoms with Crippen molar-refractivity contribution in [3.63, 3.8) is 0 Å². The molecule has 1 aliphatic rings. The summed E-state index contributed by atoms with van der Waals surface area (Å²) in [5.41, 5.74) is 10.1. The van der Waals surface area contributed by atoms with Gasteiger partial charge in [0.15, 0.2) is 0 Å². The molecule has 162 valence electrons. The summed E-state index contributed by atoms with van der Waals surface area (Å²) in [7, 11) is 0. The summed E-state index contributed by atoms with van der Waals surface area (Å²) in [5, 5.41) is 0.671. The number of fused-ring (bicyclic) bond motifs is 1. The number of anilines is 2. The first kappa shape index (κ1) is 20.3. The van der Waals surface area contributed by atoms with Crippen LogP contribution in [0.5, 0.6) is 0 Å². The van der Waals surface area contributed by atoms with E-state index >= 15 is 0 Å². The van der Waals surface area contributed by atoms with Crippen LogP contribution in [-0.4, -0.2) is 47.0 Å². The zero-order valence-electron chi connectivity index (χ0n) is 17.5. The quantitative estimate of drug-likeness (QED) is 0.488. The fraction of sp³-hybridized carbons (Fsp3) is 0.208. The first-order valence-corrected chi connectivity index (χ1v) is 10.9.